The number of aliphatic hydroxyl groups excluding tert-OH is 1. The molecule has 1 N–H and O–H groups in total. The SMILES string of the molecule is O=C1c2cc(Cc3ccc(Cl)nc3)ccc2CN1[C@@H]1CCCC[C@H]1O. The molecule has 2 heterocycles. The summed E-state index contributed by atoms with van der Waals surface area (Å²) in [5.74, 6) is 0.0528. The zero-order chi connectivity index (χ0) is 17.4. The van der Waals surface area contributed by atoms with Gasteiger partial charge in [0.25, 0.3) is 5.91 Å². The summed E-state index contributed by atoms with van der Waals surface area (Å²) in [7, 11) is 0. The van der Waals surface area contributed by atoms with Crippen LogP contribution >= 0.6 is 11.6 Å². The van der Waals surface area contributed by atoms with Crippen molar-refractivity contribution in [2.45, 2.75) is 50.8 Å². The molecule has 0 unspecified atom stereocenters. The summed E-state index contributed by atoms with van der Waals surface area (Å²) >= 11 is 5.83. The first-order valence-electron chi connectivity index (χ1n) is 8.83. The molecule has 2 aromatic rings. The van der Waals surface area contributed by atoms with Gasteiger partial charge in [-0.05, 0) is 48.1 Å². The lowest BCUT2D eigenvalue weighted by Gasteiger charge is -2.35. The Kier molecular flexibility index (Phi) is 4.48. The van der Waals surface area contributed by atoms with E-state index in [1.54, 1.807) is 12.3 Å². The van der Waals surface area contributed by atoms with Gasteiger partial charge in [-0.2, -0.15) is 0 Å². The van der Waals surface area contributed by atoms with Crippen LogP contribution in [-0.4, -0.2) is 33.0 Å². The number of hydrogen-bond donors (Lipinski definition) is 1. The van der Waals surface area contributed by atoms with Gasteiger partial charge in [-0.15, -0.1) is 0 Å². The number of fused-ring (bicyclic) bond motifs is 1. The van der Waals surface area contributed by atoms with Crippen LogP contribution in [0.2, 0.25) is 5.15 Å². The first-order chi connectivity index (χ1) is 12.1. The second kappa shape index (κ2) is 6.77. The van der Waals surface area contributed by atoms with Crippen molar-refractivity contribution in [1.82, 2.24) is 9.88 Å². The predicted octanol–water partition coefficient (Wildman–Crippen LogP) is 3.59. The van der Waals surface area contributed by atoms with Gasteiger partial charge in [-0.3, -0.25) is 4.79 Å². The van der Waals surface area contributed by atoms with E-state index < -0.39 is 6.10 Å². The summed E-state index contributed by atoms with van der Waals surface area (Å²) in [4.78, 5) is 18.8. The average molecular weight is 357 g/mol. The maximum atomic E-state index is 12.9. The fraction of sp³-hybridized carbons (Fsp3) is 0.400. The van der Waals surface area contributed by atoms with E-state index >= 15 is 0 Å². The van der Waals surface area contributed by atoms with Crippen LogP contribution in [0.25, 0.3) is 0 Å². The number of pyridine rings is 1. The molecule has 0 bridgehead atoms. The number of carbonyl (C=O) groups is 1. The molecule has 0 radical (unpaired) electrons. The van der Waals surface area contributed by atoms with E-state index in [0.717, 1.165) is 54.4 Å². The topological polar surface area (TPSA) is 53.4 Å². The molecule has 1 fully saturated rings. The van der Waals surface area contributed by atoms with Crippen LogP contribution in [0, 0.1) is 0 Å². The lowest BCUT2D eigenvalue weighted by molar-refractivity contribution is 0.0191. The van der Waals surface area contributed by atoms with Crippen molar-refractivity contribution in [2.75, 3.05) is 0 Å². The Hall–Kier alpha value is -1.91. The van der Waals surface area contributed by atoms with E-state index in [9.17, 15) is 9.90 Å². The summed E-state index contributed by atoms with van der Waals surface area (Å²) in [6.07, 6.45) is 5.90. The first-order valence-corrected chi connectivity index (χ1v) is 9.21. The van der Waals surface area contributed by atoms with Crippen LogP contribution in [0.15, 0.2) is 36.5 Å². The number of amides is 1. The lowest BCUT2D eigenvalue weighted by atomic mass is 9.91. The van der Waals surface area contributed by atoms with Crippen molar-refractivity contribution in [3.05, 3.63) is 63.9 Å². The Morgan fingerprint density at radius 1 is 1.16 bits per heavy atom. The van der Waals surface area contributed by atoms with Crippen molar-refractivity contribution in [3.8, 4) is 0 Å². The number of rotatable bonds is 3. The standard InChI is InChI=1S/C20H21ClN2O2/c21-19-8-6-14(11-22-19)9-13-5-7-15-12-23(20(25)16(15)10-13)17-3-1-2-4-18(17)24/h5-8,10-11,17-18,24H,1-4,9,12H2/t17-,18-/m1/s1. The number of hydrogen-bond acceptors (Lipinski definition) is 3. The maximum absolute atomic E-state index is 12.9. The lowest BCUT2D eigenvalue weighted by Crippen LogP contribution is -2.45. The monoisotopic (exact) mass is 356 g/mol. The molecule has 2 atom stereocenters. The van der Waals surface area contributed by atoms with E-state index in [4.69, 9.17) is 11.6 Å². The summed E-state index contributed by atoms with van der Waals surface area (Å²) in [6, 6.07) is 9.79. The van der Waals surface area contributed by atoms with E-state index in [1.165, 1.54) is 0 Å². The Balaban J connectivity index is 1.54. The molecule has 1 saturated carbocycles. The third kappa shape index (κ3) is 3.29. The average Bonchev–Trinajstić information content (AvgIpc) is 2.94. The highest BCUT2D eigenvalue weighted by Gasteiger charge is 2.37. The summed E-state index contributed by atoms with van der Waals surface area (Å²) in [6.45, 7) is 0.610. The van der Waals surface area contributed by atoms with E-state index in [0.29, 0.717) is 11.7 Å². The minimum Gasteiger partial charge on any atom is -0.391 e. The van der Waals surface area contributed by atoms with E-state index in [2.05, 4.69) is 11.1 Å². The van der Waals surface area contributed by atoms with Gasteiger partial charge in [0.2, 0.25) is 0 Å². The molecule has 0 saturated heterocycles. The molecular formula is C20H21ClN2O2. The molecule has 5 heteroatoms. The van der Waals surface area contributed by atoms with Gasteiger partial charge in [0.05, 0.1) is 12.1 Å². The number of nitrogens with zero attached hydrogens (tertiary/aromatic N) is 2. The summed E-state index contributed by atoms with van der Waals surface area (Å²) < 4.78 is 0. The Bertz CT molecular complexity index is 791. The molecule has 1 aromatic carbocycles. The van der Waals surface area contributed by atoms with Gasteiger partial charge < -0.3 is 10.0 Å². The van der Waals surface area contributed by atoms with Crippen LogP contribution in [0.3, 0.4) is 0 Å². The largest absolute Gasteiger partial charge is 0.391 e. The zero-order valence-electron chi connectivity index (χ0n) is 14.0. The smallest absolute Gasteiger partial charge is 0.254 e. The highest BCUT2D eigenvalue weighted by molar-refractivity contribution is 6.29. The molecule has 1 aliphatic heterocycles. The fourth-order valence-corrected chi connectivity index (χ4v) is 4.06. The van der Waals surface area contributed by atoms with Crippen LogP contribution < -0.4 is 0 Å². The highest BCUT2D eigenvalue weighted by atomic mass is 35.5. The van der Waals surface area contributed by atoms with Crippen LogP contribution in [-0.2, 0) is 13.0 Å². The van der Waals surface area contributed by atoms with Gasteiger partial charge >= 0.3 is 0 Å². The Morgan fingerprint density at radius 3 is 2.72 bits per heavy atom. The van der Waals surface area contributed by atoms with Gasteiger partial charge in [-0.1, -0.05) is 42.6 Å². The molecule has 130 valence electrons. The minimum atomic E-state index is -0.397. The molecule has 2 aliphatic rings. The van der Waals surface area contributed by atoms with Gasteiger partial charge in [0, 0.05) is 18.3 Å². The normalized spacial score (nSPS) is 23.0. The third-order valence-corrected chi connectivity index (χ3v) is 5.52. The Labute approximate surface area is 152 Å². The second-order valence-electron chi connectivity index (χ2n) is 7.01. The Morgan fingerprint density at radius 2 is 1.96 bits per heavy atom. The van der Waals surface area contributed by atoms with E-state index in [-0.39, 0.29) is 11.9 Å². The fourth-order valence-electron chi connectivity index (χ4n) is 3.95. The van der Waals surface area contributed by atoms with Crippen molar-refractivity contribution >= 4 is 17.5 Å². The van der Waals surface area contributed by atoms with Crippen molar-refractivity contribution in [2.24, 2.45) is 0 Å². The van der Waals surface area contributed by atoms with Crippen molar-refractivity contribution in [3.63, 3.8) is 0 Å². The number of carbonyl (C=O) groups excluding carboxylic acids is 1. The van der Waals surface area contributed by atoms with Crippen LogP contribution in [0.1, 0.15) is 52.7 Å². The highest BCUT2D eigenvalue weighted by Crippen LogP contribution is 2.32. The molecule has 1 aromatic heterocycles. The van der Waals surface area contributed by atoms with E-state index in [1.807, 2.05) is 23.1 Å². The molecule has 4 rings (SSSR count). The van der Waals surface area contributed by atoms with Gasteiger partial charge in [0.15, 0.2) is 0 Å². The summed E-state index contributed by atoms with van der Waals surface area (Å²) in [5.41, 5.74) is 3.98. The van der Waals surface area contributed by atoms with Crippen LogP contribution in [0.5, 0.6) is 0 Å². The molecule has 0 spiro atoms. The van der Waals surface area contributed by atoms with Gasteiger partial charge in [0.1, 0.15) is 5.15 Å². The first kappa shape index (κ1) is 16.6. The number of aliphatic hydroxyl groups is 1. The molecule has 4 nitrogen and oxygen atoms in total. The second-order valence-corrected chi connectivity index (χ2v) is 7.40. The number of benzene rings is 1. The quantitative estimate of drug-likeness (QED) is 0.855. The third-order valence-electron chi connectivity index (χ3n) is 5.30. The molecular weight excluding hydrogens is 336 g/mol. The van der Waals surface area contributed by atoms with Gasteiger partial charge in [-0.25, -0.2) is 4.98 Å². The summed E-state index contributed by atoms with van der Waals surface area (Å²) in [5, 5.41) is 10.8. The molecule has 1 amide bonds. The zero-order valence-corrected chi connectivity index (χ0v) is 14.7. The number of aromatic nitrogens is 1. The minimum absolute atomic E-state index is 0.0439. The van der Waals surface area contributed by atoms with Crippen molar-refractivity contribution < 1.29 is 9.90 Å². The molecule has 25 heavy (non-hydrogen) atoms. The van der Waals surface area contributed by atoms with Crippen molar-refractivity contribution in [1.29, 1.82) is 0 Å². The maximum Gasteiger partial charge on any atom is 0.254 e. The predicted molar refractivity (Wildman–Crippen MR) is 96.6 cm³/mol. The molecule has 1 aliphatic carbocycles. The number of halogens is 1. The van der Waals surface area contributed by atoms with Crippen LogP contribution in [0.4, 0.5) is 0 Å².